The number of hydrogen-bond acceptors (Lipinski definition) is 2. The highest BCUT2D eigenvalue weighted by Crippen LogP contribution is 2.21. The lowest BCUT2D eigenvalue weighted by molar-refractivity contribution is 0.483. The first kappa shape index (κ1) is 9.25. The zero-order valence-electron chi connectivity index (χ0n) is 8.39. The largest absolute Gasteiger partial charge is 0.356 e. The smallest absolute Gasteiger partial charge is 0.128 e. The lowest BCUT2D eigenvalue weighted by atomic mass is 9.98. The van der Waals surface area contributed by atoms with Gasteiger partial charge < -0.3 is 4.90 Å². The monoisotopic (exact) mass is 188 g/mol. The van der Waals surface area contributed by atoms with Crippen LogP contribution >= 0.6 is 0 Å². The molecule has 2 heterocycles. The van der Waals surface area contributed by atoms with Crippen molar-refractivity contribution in [2.24, 2.45) is 5.92 Å². The molecular formula is C12H16N2. The molecule has 1 atom stereocenters. The Kier molecular flexibility index (Phi) is 2.82. The van der Waals surface area contributed by atoms with Crippen molar-refractivity contribution in [2.45, 2.75) is 12.8 Å². The predicted octanol–water partition coefficient (Wildman–Crippen LogP) is 2.48. The Labute approximate surface area is 85.3 Å². The molecule has 74 valence electrons. The second kappa shape index (κ2) is 4.27. The molecule has 0 amide bonds. The van der Waals surface area contributed by atoms with Crippen LogP contribution in [0.5, 0.6) is 0 Å². The first-order valence-electron chi connectivity index (χ1n) is 5.18. The molecule has 0 aliphatic carbocycles. The molecule has 14 heavy (non-hydrogen) atoms. The van der Waals surface area contributed by atoms with Crippen LogP contribution in [0.25, 0.3) is 0 Å². The molecule has 0 radical (unpaired) electrons. The number of pyridine rings is 1. The molecule has 1 saturated heterocycles. The molecule has 0 bridgehead atoms. The maximum Gasteiger partial charge on any atom is 0.128 e. The highest BCUT2D eigenvalue weighted by Gasteiger charge is 2.17. The second-order valence-electron chi connectivity index (χ2n) is 3.77. The summed E-state index contributed by atoms with van der Waals surface area (Å²) >= 11 is 0. The van der Waals surface area contributed by atoms with E-state index in [1.54, 1.807) is 0 Å². The molecule has 0 N–H and O–H groups in total. The Hall–Kier alpha value is -1.31. The van der Waals surface area contributed by atoms with Gasteiger partial charge in [-0.3, -0.25) is 0 Å². The molecule has 1 aromatic heterocycles. The Morgan fingerprint density at radius 2 is 2.43 bits per heavy atom. The summed E-state index contributed by atoms with van der Waals surface area (Å²) in [7, 11) is 0. The Morgan fingerprint density at radius 1 is 1.50 bits per heavy atom. The second-order valence-corrected chi connectivity index (χ2v) is 3.77. The SMILES string of the molecule is C=CC1CCCN(c2ccccn2)C1. The highest BCUT2D eigenvalue weighted by molar-refractivity contribution is 5.38. The van der Waals surface area contributed by atoms with Crippen LogP contribution < -0.4 is 4.90 Å². The molecule has 2 rings (SSSR count). The van der Waals surface area contributed by atoms with Gasteiger partial charge in [-0.15, -0.1) is 6.58 Å². The van der Waals surface area contributed by atoms with Crippen LogP contribution in [0.15, 0.2) is 37.1 Å². The molecule has 1 aliphatic rings. The third-order valence-corrected chi connectivity index (χ3v) is 2.76. The van der Waals surface area contributed by atoms with E-state index in [4.69, 9.17) is 0 Å². The highest BCUT2D eigenvalue weighted by atomic mass is 15.2. The summed E-state index contributed by atoms with van der Waals surface area (Å²) in [4.78, 5) is 6.71. The molecule has 1 fully saturated rings. The average Bonchev–Trinajstić information content (AvgIpc) is 2.30. The van der Waals surface area contributed by atoms with Crippen LogP contribution in [0.1, 0.15) is 12.8 Å². The van der Waals surface area contributed by atoms with Crippen molar-refractivity contribution in [1.29, 1.82) is 0 Å². The van der Waals surface area contributed by atoms with E-state index in [1.165, 1.54) is 12.8 Å². The minimum Gasteiger partial charge on any atom is -0.356 e. The Morgan fingerprint density at radius 3 is 3.14 bits per heavy atom. The Balaban J connectivity index is 2.08. The number of aromatic nitrogens is 1. The fraction of sp³-hybridized carbons (Fsp3) is 0.417. The van der Waals surface area contributed by atoms with Crippen molar-refractivity contribution < 1.29 is 0 Å². The Bertz CT molecular complexity index is 294. The van der Waals surface area contributed by atoms with E-state index in [1.807, 2.05) is 18.3 Å². The third-order valence-electron chi connectivity index (χ3n) is 2.76. The fourth-order valence-corrected chi connectivity index (χ4v) is 1.95. The molecule has 2 nitrogen and oxygen atoms in total. The molecule has 1 aromatic rings. The zero-order valence-corrected chi connectivity index (χ0v) is 8.39. The molecule has 1 aliphatic heterocycles. The van der Waals surface area contributed by atoms with E-state index < -0.39 is 0 Å². The lowest BCUT2D eigenvalue weighted by Crippen LogP contribution is -2.35. The molecule has 0 spiro atoms. The van der Waals surface area contributed by atoms with E-state index in [0.29, 0.717) is 5.92 Å². The first-order chi connectivity index (χ1) is 6.90. The van der Waals surface area contributed by atoms with Crippen LogP contribution in [-0.4, -0.2) is 18.1 Å². The van der Waals surface area contributed by atoms with Crippen LogP contribution in [0.4, 0.5) is 5.82 Å². The third kappa shape index (κ3) is 1.95. The van der Waals surface area contributed by atoms with E-state index >= 15 is 0 Å². The minimum absolute atomic E-state index is 0.630. The number of rotatable bonds is 2. The van der Waals surface area contributed by atoms with Gasteiger partial charge in [0.25, 0.3) is 0 Å². The predicted molar refractivity (Wildman–Crippen MR) is 59.4 cm³/mol. The van der Waals surface area contributed by atoms with Gasteiger partial charge in [0.15, 0.2) is 0 Å². The number of nitrogens with zero attached hydrogens (tertiary/aromatic N) is 2. The molecule has 2 heteroatoms. The van der Waals surface area contributed by atoms with Gasteiger partial charge in [-0.25, -0.2) is 4.98 Å². The van der Waals surface area contributed by atoms with Gasteiger partial charge in [-0.1, -0.05) is 12.1 Å². The van der Waals surface area contributed by atoms with Gasteiger partial charge >= 0.3 is 0 Å². The fourth-order valence-electron chi connectivity index (χ4n) is 1.95. The maximum atomic E-state index is 4.36. The quantitative estimate of drug-likeness (QED) is 0.663. The summed E-state index contributed by atoms with van der Waals surface area (Å²) in [5.41, 5.74) is 0. The summed E-state index contributed by atoms with van der Waals surface area (Å²) in [6.45, 7) is 6.06. The number of piperidine rings is 1. The number of anilines is 1. The van der Waals surface area contributed by atoms with Crippen molar-refractivity contribution in [1.82, 2.24) is 4.98 Å². The summed E-state index contributed by atoms with van der Waals surface area (Å²) in [6.07, 6.45) is 6.43. The first-order valence-corrected chi connectivity index (χ1v) is 5.18. The summed E-state index contributed by atoms with van der Waals surface area (Å²) in [5.74, 6) is 1.73. The van der Waals surface area contributed by atoms with Gasteiger partial charge in [-0.2, -0.15) is 0 Å². The van der Waals surface area contributed by atoms with E-state index in [9.17, 15) is 0 Å². The van der Waals surface area contributed by atoms with E-state index in [2.05, 4.69) is 28.6 Å². The summed E-state index contributed by atoms with van der Waals surface area (Å²) in [6, 6.07) is 6.07. The van der Waals surface area contributed by atoms with E-state index in [-0.39, 0.29) is 0 Å². The van der Waals surface area contributed by atoms with Gasteiger partial charge in [-0.05, 0) is 30.9 Å². The van der Waals surface area contributed by atoms with Crippen LogP contribution in [0, 0.1) is 5.92 Å². The standard InChI is InChI=1S/C12H16N2/c1-2-11-6-5-9-14(10-11)12-7-3-4-8-13-12/h2-4,7-8,11H,1,5-6,9-10H2. The number of hydrogen-bond donors (Lipinski definition) is 0. The van der Waals surface area contributed by atoms with Crippen LogP contribution in [0.3, 0.4) is 0 Å². The van der Waals surface area contributed by atoms with Crippen molar-refractivity contribution >= 4 is 5.82 Å². The van der Waals surface area contributed by atoms with Gasteiger partial charge in [0, 0.05) is 19.3 Å². The summed E-state index contributed by atoms with van der Waals surface area (Å²) in [5, 5.41) is 0. The molecule has 0 saturated carbocycles. The van der Waals surface area contributed by atoms with E-state index in [0.717, 1.165) is 18.9 Å². The molecule has 1 unspecified atom stereocenters. The average molecular weight is 188 g/mol. The van der Waals surface area contributed by atoms with Crippen molar-refractivity contribution in [3.8, 4) is 0 Å². The van der Waals surface area contributed by atoms with Gasteiger partial charge in [0.1, 0.15) is 5.82 Å². The van der Waals surface area contributed by atoms with Crippen LogP contribution in [0.2, 0.25) is 0 Å². The zero-order chi connectivity index (χ0) is 9.80. The lowest BCUT2D eigenvalue weighted by Gasteiger charge is -2.32. The van der Waals surface area contributed by atoms with Crippen LogP contribution in [-0.2, 0) is 0 Å². The summed E-state index contributed by atoms with van der Waals surface area (Å²) < 4.78 is 0. The molecular weight excluding hydrogens is 172 g/mol. The van der Waals surface area contributed by atoms with Crippen molar-refractivity contribution in [2.75, 3.05) is 18.0 Å². The molecule has 0 aromatic carbocycles. The van der Waals surface area contributed by atoms with Crippen molar-refractivity contribution in [3.63, 3.8) is 0 Å². The van der Waals surface area contributed by atoms with Crippen molar-refractivity contribution in [3.05, 3.63) is 37.1 Å². The van der Waals surface area contributed by atoms with Gasteiger partial charge in [0.2, 0.25) is 0 Å². The maximum absolute atomic E-state index is 4.36. The minimum atomic E-state index is 0.630. The topological polar surface area (TPSA) is 16.1 Å². The normalized spacial score (nSPS) is 22.0. The van der Waals surface area contributed by atoms with Gasteiger partial charge in [0.05, 0.1) is 0 Å².